The molecule has 1 aromatic rings. The number of hydrogen-bond donors (Lipinski definition) is 0. The van der Waals surface area contributed by atoms with Crippen LogP contribution in [-0.4, -0.2) is 22.6 Å². The van der Waals surface area contributed by atoms with E-state index < -0.39 is 5.82 Å². The second-order valence-corrected chi connectivity index (χ2v) is 2.38. The van der Waals surface area contributed by atoms with Gasteiger partial charge in [0.2, 0.25) is 0 Å². The highest BCUT2D eigenvalue weighted by molar-refractivity contribution is 5.94. The monoisotopic (exact) mass is 181 g/mol. The number of carbonyl (C=O) groups excluding carboxylic acids is 1. The number of halogens is 1. The van der Waals surface area contributed by atoms with Crippen LogP contribution in [0.3, 0.4) is 0 Å². The van der Waals surface area contributed by atoms with E-state index in [2.05, 4.69) is 8.38 Å². The number of hydrogen-bond acceptors (Lipinski definition) is 2. The van der Waals surface area contributed by atoms with Crippen molar-refractivity contribution < 1.29 is 13.9 Å². The van der Waals surface area contributed by atoms with Gasteiger partial charge in [-0.05, 0) is 20.4 Å². The van der Waals surface area contributed by atoms with Crippen molar-refractivity contribution in [2.75, 3.05) is 7.11 Å². The number of methoxy groups -OCH3 is 1. The molecule has 0 heterocycles. The number of benzene rings is 1. The van der Waals surface area contributed by atoms with Crippen LogP contribution in [0, 0.1) is 5.82 Å². The zero-order valence-corrected chi connectivity index (χ0v) is 7.50. The second kappa shape index (κ2) is 4.65. The lowest BCUT2D eigenvalue weighted by atomic mass is 10.1. The van der Waals surface area contributed by atoms with Gasteiger partial charge in [-0.15, -0.1) is 0 Å². The second-order valence-electron chi connectivity index (χ2n) is 2.38. The lowest BCUT2D eigenvalue weighted by Crippen LogP contribution is -1.98. The maximum absolute atomic E-state index is 13.2. The normalized spacial score (nSPS) is 9.31. The zero-order valence-electron chi connectivity index (χ0n) is 8.50. The molecule has 13 heavy (non-hydrogen) atoms. The number of carbonyl (C=O) groups is 1. The molecule has 0 saturated carbocycles. The molecule has 0 aliphatic heterocycles. The molecule has 0 unspecified atom stereocenters. The van der Waals surface area contributed by atoms with Gasteiger partial charge in [0.15, 0.2) is 17.3 Å². The molecule has 2 nitrogen and oxygen atoms in total. The van der Waals surface area contributed by atoms with Crippen LogP contribution < -0.4 is 4.74 Å². The van der Waals surface area contributed by atoms with Crippen molar-refractivity contribution in [2.24, 2.45) is 0 Å². The quantitative estimate of drug-likeness (QED) is 0.508. The van der Waals surface area contributed by atoms with Crippen molar-refractivity contribution in [1.29, 1.82) is 1.34 Å². The molecule has 0 saturated heterocycles. The van der Waals surface area contributed by atoms with Crippen LogP contribution in [0.15, 0.2) is 18.2 Å². The summed E-state index contributed by atoms with van der Waals surface area (Å²) < 4.78 is 23.1. The zero-order chi connectivity index (χ0) is 11.1. The topological polar surface area (TPSA) is 26.3 Å². The van der Waals surface area contributed by atoms with Gasteiger partial charge >= 0.3 is 0 Å². The standard InChI is InChI=1S/C9H9FO2.BH/c1-6(11)7-4-3-5-8(12-2)9(7)10;/h3-5H,1-2H3;1H/i;1D. The number of rotatable bonds is 2. The van der Waals surface area contributed by atoms with Gasteiger partial charge in [0.05, 0.1) is 12.7 Å². The van der Waals surface area contributed by atoms with E-state index in [1.54, 1.807) is 6.07 Å². The molecule has 0 bridgehead atoms. The van der Waals surface area contributed by atoms with Gasteiger partial charge in [0.1, 0.15) is 0 Å². The number of ether oxygens (including phenoxy) is 1. The SMILES string of the molecule is COc1cccc(C(C)=O)c1F.[2H][B]. The molecule has 68 valence electrons. The molecule has 0 aliphatic rings. The summed E-state index contributed by atoms with van der Waals surface area (Å²) in [6.45, 7) is 1.32. The molecule has 0 spiro atoms. The summed E-state index contributed by atoms with van der Waals surface area (Å²) in [5.41, 5.74) is 0.0642. The Labute approximate surface area is 79.6 Å². The van der Waals surface area contributed by atoms with Crippen LogP contribution >= 0.6 is 0 Å². The van der Waals surface area contributed by atoms with Crippen molar-refractivity contribution in [2.45, 2.75) is 6.92 Å². The molecule has 2 radical (unpaired) electrons. The first-order chi connectivity index (χ1) is 6.66. The van der Waals surface area contributed by atoms with Crippen molar-refractivity contribution in [3.05, 3.63) is 29.6 Å². The van der Waals surface area contributed by atoms with Gasteiger partial charge in [-0.3, -0.25) is 4.79 Å². The smallest absolute Gasteiger partial charge is 0.175 e. The Bertz CT molecular complexity index is 318. The molecule has 0 aliphatic carbocycles. The van der Waals surface area contributed by atoms with Crippen LogP contribution in [0.1, 0.15) is 17.3 Å². The molecular formula is C9H10BFO2. The van der Waals surface area contributed by atoms with Crippen molar-refractivity contribution in [1.82, 2.24) is 0 Å². The lowest BCUT2D eigenvalue weighted by molar-refractivity contribution is 0.101. The minimum Gasteiger partial charge on any atom is -0.494 e. The van der Waals surface area contributed by atoms with E-state index in [1.807, 2.05) is 0 Å². The summed E-state index contributed by atoms with van der Waals surface area (Å²) in [6, 6.07) is 4.49. The Morgan fingerprint density at radius 3 is 2.69 bits per heavy atom. The highest BCUT2D eigenvalue weighted by atomic mass is 19.1. The molecule has 4 heteroatoms. The first kappa shape index (κ1) is 9.77. The van der Waals surface area contributed by atoms with Crippen LogP contribution in [0.4, 0.5) is 4.39 Å². The maximum Gasteiger partial charge on any atom is 0.175 e. The van der Waals surface area contributed by atoms with E-state index in [-0.39, 0.29) is 17.1 Å². The summed E-state index contributed by atoms with van der Waals surface area (Å²) >= 11 is 0. The van der Waals surface area contributed by atoms with Gasteiger partial charge in [-0.25, -0.2) is 4.39 Å². The molecule has 0 amide bonds. The molecule has 0 N–H and O–H groups in total. The Kier molecular flexibility index (Phi) is 3.49. The van der Waals surface area contributed by atoms with E-state index in [1.165, 1.54) is 26.2 Å². The Morgan fingerprint density at radius 2 is 2.23 bits per heavy atom. The van der Waals surface area contributed by atoms with E-state index in [4.69, 9.17) is 6.07 Å². The van der Waals surface area contributed by atoms with Crippen molar-refractivity contribution in [3.8, 4) is 5.75 Å². The van der Waals surface area contributed by atoms with Gasteiger partial charge in [0.25, 0.3) is 0 Å². The Balaban J connectivity index is 0.000000791. The molecule has 0 atom stereocenters. The summed E-state index contributed by atoms with van der Waals surface area (Å²) in [5, 5.41) is 0. The summed E-state index contributed by atoms with van der Waals surface area (Å²) in [6.07, 6.45) is 0. The first-order valence-corrected chi connectivity index (χ1v) is 3.50. The predicted octanol–water partition coefficient (Wildman–Crippen LogP) is 1.39. The average molecular weight is 181 g/mol. The average Bonchev–Trinajstić information content (AvgIpc) is 2.21. The van der Waals surface area contributed by atoms with Crippen molar-refractivity contribution in [3.63, 3.8) is 0 Å². The van der Waals surface area contributed by atoms with Crippen LogP contribution in [0.25, 0.3) is 0 Å². The van der Waals surface area contributed by atoms with Gasteiger partial charge < -0.3 is 4.74 Å². The molecular weight excluding hydrogens is 170 g/mol. The fourth-order valence-electron chi connectivity index (χ4n) is 0.940. The first-order valence-electron chi connectivity index (χ1n) is 4.08. The van der Waals surface area contributed by atoms with Crippen LogP contribution in [0.5, 0.6) is 5.75 Å². The highest BCUT2D eigenvalue weighted by Crippen LogP contribution is 2.19. The fourth-order valence-corrected chi connectivity index (χ4v) is 0.940. The summed E-state index contributed by atoms with van der Waals surface area (Å²) in [5.74, 6) is -0.790. The van der Waals surface area contributed by atoms with Gasteiger partial charge in [0, 0.05) is 8.38 Å². The molecule has 1 rings (SSSR count). The van der Waals surface area contributed by atoms with E-state index in [9.17, 15) is 9.18 Å². The highest BCUT2D eigenvalue weighted by Gasteiger charge is 2.10. The third-order valence-electron chi connectivity index (χ3n) is 1.56. The molecule has 0 fully saturated rings. The fraction of sp³-hybridized carbons (Fsp3) is 0.222. The number of ketones is 1. The van der Waals surface area contributed by atoms with E-state index in [0.29, 0.717) is 0 Å². The maximum atomic E-state index is 13.2. The van der Waals surface area contributed by atoms with Gasteiger partial charge in [-0.1, -0.05) is 6.07 Å². The minimum absolute atomic E-state index is 0.0642. The van der Waals surface area contributed by atoms with Crippen LogP contribution in [-0.2, 0) is 0 Å². The number of Topliss-reactive ketones (excluding diaryl/α,β-unsaturated/α-hetero) is 1. The van der Waals surface area contributed by atoms with Gasteiger partial charge in [-0.2, -0.15) is 0 Å². The molecule has 1 aromatic carbocycles. The summed E-state index contributed by atoms with van der Waals surface area (Å²) in [4.78, 5) is 10.8. The minimum atomic E-state index is -0.590. The lowest BCUT2D eigenvalue weighted by Gasteiger charge is -2.03. The van der Waals surface area contributed by atoms with Crippen molar-refractivity contribution >= 4 is 14.2 Å². The van der Waals surface area contributed by atoms with E-state index >= 15 is 0 Å². The largest absolute Gasteiger partial charge is 0.494 e. The Morgan fingerprint density at radius 1 is 1.62 bits per heavy atom. The van der Waals surface area contributed by atoms with Crippen LogP contribution in [0.2, 0.25) is 0 Å². The molecule has 0 aromatic heterocycles. The third-order valence-corrected chi connectivity index (χ3v) is 1.56. The summed E-state index contributed by atoms with van der Waals surface area (Å²) in [7, 11) is 5.11. The van der Waals surface area contributed by atoms with E-state index in [0.717, 1.165) is 0 Å². The Hall–Kier alpha value is -1.32. The predicted molar refractivity (Wildman–Crippen MR) is 50.1 cm³/mol. The third kappa shape index (κ3) is 2.31.